The van der Waals surface area contributed by atoms with Crippen molar-refractivity contribution in [2.75, 3.05) is 23.3 Å². The van der Waals surface area contributed by atoms with Gasteiger partial charge >= 0.3 is 0 Å². The van der Waals surface area contributed by atoms with E-state index in [0.29, 0.717) is 11.3 Å². The van der Waals surface area contributed by atoms with Crippen molar-refractivity contribution < 1.29 is 9.18 Å². The van der Waals surface area contributed by atoms with E-state index >= 15 is 0 Å². The molecule has 3 rings (SSSR count). The maximum absolute atomic E-state index is 13.7. The fraction of sp³-hybridized carbons (Fsp3) is 0.278. The summed E-state index contributed by atoms with van der Waals surface area (Å²) in [4.78, 5) is 14.6. The van der Waals surface area contributed by atoms with Crippen LogP contribution in [0.5, 0.6) is 0 Å². The second kappa shape index (κ2) is 7.13. The predicted molar refractivity (Wildman–Crippen MR) is 94.6 cm³/mol. The molecule has 2 aromatic carbocycles. The Hall–Kier alpha value is -1.88. The Kier molecular flexibility index (Phi) is 4.96. The number of rotatable bonds is 3. The van der Waals surface area contributed by atoms with Gasteiger partial charge < -0.3 is 10.2 Å². The third-order valence-corrected chi connectivity index (χ3v) is 4.48. The van der Waals surface area contributed by atoms with Gasteiger partial charge in [0.15, 0.2) is 0 Å². The van der Waals surface area contributed by atoms with Crippen LogP contribution in [0.4, 0.5) is 15.8 Å². The van der Waals surface area contributed by atoms with Crippen molar-refractivity contribution in [1.29, 1.82) is 0 Å². The molecule has 1 saturated heterocycles. The molecule has 1 amide bonds. The van der Waals surface area contributed by atoms with Crippen LogP contribution in [0.25, 0.3) is 0 Å². The molecule has 0 radical (unpaired) electrons. The molecule has 0 unspecified atom stereocenters. The number of carbonyl (C=O) groups excluding carboxylic acids is 1. The Labute approximate surface area is 143 Å². The number of carbonyl (C=O) groups is 1. The number of amides is 1. The van der Waals surface area contributed by atoms with Crippen molar-refractivity contribution in [3.05, 3.63) is 58.3 Å². The van der Waals surface area contributed by atoms with E-state index in [1.54, 1.807) is 24.3 Å². The average Bonchev–Trinajstić information content (AvgIpc) is 2.56. The molecule has 3 nitrogen and oxygen atoms in total. The minimum Gasteiger partial charge on any atom is -0.370 e. The highest BCUT2D eigenvalue weighted by molar-refractivity contribution is 9.10. The standard InChI is InChI=1S/C18H18BrFN2O/c19-14-6-4-5-13(11-14)18(23)21-16-12-15(20)7-8-17(16)22-9-2-1-3-10-22/h4-8,11-12H,1-3,9-10H2,(H,21,23). The van der Waals surface area contributed by atoms with Crippen molar-refractivity contribution >= 4 is 33.2 Å². The molecular weight excluding hydrogens is 359 g/mol. The maximum atomic E-state index is 13.7. The Morgan fingerprint density at radius 3 is 2.61 bits per heavy atom. The quantitative estimate of drug-likeness (QED) is 0.831. The zero-order valence-corrected chi connectivity index (χ0v) is 14.3. The molecule has 0 bridgehead atoms. The highest BCUT2D eigenvalue weighted by Gasteiger charge is 2.17. The number of halogens is 2. The number of nitrogens with one attached hydrogen (secondary N) is 1. The molecule has 23 heavy (non-hydrogen) atoms. The number of benzene rings is 2. The molecule has 1 heterocycles. The van der Waals surface area contributed by atoms with Crippen LogP contribution in [0.1, 0.15) is 29.6 Å². The molecule has 1 aliphatic heterocycles. The number of hydrogen-bond acceptors (Lipinski definition) is 2. The smallest absolute Gasteiger partial charge is 0.255 e. The number of hydrogen-bond donors (Lipinski definition) is 1. The lowest BCUT2D eigenvalue weighted by atomic mass is 10.1. The summed E-state index contributed by atoms with van der Waals surface area (Å²) in [7, 11) is 0. The lowest BCUT2D eigenvalue weighted by molar-refractivity contribution is 0.102. The molecule has 1 aliphatic rings. The van der Waals surface area contributed by atoms with Gasteiger partial charge in [0.2, 0.25) is 0 Å². The zero-order valence-electron chi connectivity index (χ0n) is 12.7. The van der Waals surface area contributed by atoms with E-state index in [2.05, 4.69) is 26.1 Å². The molecule has 0 spiro atoms. The lowest BCUT2D eigenvalue weighted by Crippen LogP contribution is -2.30. The first-order valence-corrected chi connectivity index (χ1v) is 8.54. The first-order chi connectivity index (χ1) is 11.1. The molecule has 1 fully saturated rings. The molecule has 2 aromatic rings. The molecular formula is C18H18BrFN2O. The van der Waals surface area contributed by atoms with Crippen LogP contribution >= 0.6 is 15.9 Å². The highest BCUT2D eigenvalue weighted by Crippen LogP contribution is 2.30. The van der Waals surface area contributed by atoms with Gasteiger partial charge in [0.05, 0.1) is 11.4 Å². The van der Waals surface area contributed by atoms with Gasteiger partial charge in [-0.05, 0) is 55.7 Å². The molecule has 5 heteroatoms. The first kappa shape index (κ1) is 16.0. The van der Waals surface area contributed by atoms with Crippen LogP contribution in [0.15, 0.2) is 46.9 Å². The number of piperidine rings is 1. The summed E-state index contributed by atoms with van der Waals surface area (Å²) in [5.41, 5.74) is 1.94. The topological polar surface area (TPSA) is 32.3 Å². The van der Waals surface area contributed by atoms with E-state index in [4.69, 9.17) is 0 Å². The second-order valence-electron chi connectivity index (χ2n) is 5.67. The summed E-state index contributed by atoms with van der Waals surface area (Å²) >= 11 is 3.36. The van der Waals surface area contributed by atoms with Crippen LogP contribution in [-0.2, 0) is 0 Å². The van der Waals surface area contributed by atoms with Gasteiger partial charge in [0, 0.05) is 23.1 Å². The summed E-state index contributed by atoms with van der Waals surface area (Å²) in [5, 5.41) is 2.85. The summed E-state index contributed by atoms with van der Waals surface area (Å²) in [6.45, 7) is 1.87. The Morgan fingerprint density at radius 1 is 1.09 bits per heavy atom. The SMILES string of the molecule is O=C(Nc1cc(F)ccc1N1CCCCC1)c1cccc(Br)c1. The van der Waals surface area contributed by atoms with Crippen LogP contribution in [0, 0.1) is 5.82 Å². The highest BCUT2D eigenvalue weighted by atomic mass is 79.9. The van der Waals surface area contributed by atoms with E-state index in [9.17, 15) is 9.18 Å². The van der Waals surface area contributed by atoms with Crippen molar-refractivity contribution in [1.82, 2.24) is 0 Å². The van der Waals surface area contributed by atoms with Gasteiger partial charge in [-0.25, -0.2) is 4.39 Å². The molecule has 120 valence electrons. The molecule has 0 aliphatic carbocycles. The molecule has 0 saturated carbocycles. The summed E-state index contributed by atoms with van der Waals surface area (Å²) in [6.07, 6.45) is 3.46. The monoisotopic (exact) mass is 376 g/mol. The first-order valence-electron chi connectivity index (χ1n) is 7.75. The van der Waals surface area contributed by atoms with Gasteiger partial charge in [0.25, 0.3) is 5.91 Å². The van der Waals surface area contributed by atoms with Crippen LogP contribution in [-0.4, -0.2) is 19.0 Å². The van der Waals surface area contributed by atoms with Crippen molar-refractivity contribution in [3.8, 4) is 0 Å². The van der Waals surface area contributed by atoms with Gasteiger partial charge in [-0.3, -0.25) is 4.79 Å². The van der Waals surface area contributed by atoms with Crippen LogP contribution < -0.4 is 10.2 Å². The second-order valence-corrected chi connectivity index (χ2v) is 6.59. The molecule has 0 atom stereocenters. The van der Waals surface area contributed by atoms with E-state index in [-0.39, 0.29) is 11.7 Å². The van der Waals surface area contributed by atoms with Crippen molar-refractivity contribution in [2.24, 2.45) is 0 Å². The van der Waals surface area contributed by atoms with Gasteiger partial charge in [-0.2, -0.15) is 0 Å². The fourth-order valence-electron chi connectivity index (χ4n) is 2.84. The molecule has 0 aromatic heterocycles. The van der Waals surface area contributed by atoms with Crippen LogP contribution in [0.3, 0.4) is 0 Å². The van der Waals surface area contributed by atoms with Crippen LogP contribution in [0.2, 0.25) is 0 Å². The number of nitrogens with zero attached hydrogens (tertiary/aromatic N) is 1. The third kappa shape index (κ3) is 3.91. The van der Waals surface area contributed by atoms with E-state index in [1.165, 1.54) is 18.6 Å². The van der Waals surface area contributed by atoms with Gasteiger partial charge in [0.1, 0.15) is 5.82 Å². The van der Waals surface area contributed by atoms with E-state index < -0.39 is 0 Å². The fourth-order valence-corrected chi connectivity index (χ4v) is 3.24. The van der Waals surface area contributed by atoms with Gasteiger partial charge in [-0.1, -0.05) is 22.0 Å². The van der Waals surface area contributed by atoms with Gasteiger partial charge in [-0.15, -0.1) is 0 Å². The van der Waals surface area contributed by atoms with Crippen molar-refractivity contribution in [2.45, 2.75) is 19.3 Å². The van der Waals surface area contributed by atoms with E-state index in [0.717, 1.165) is 36.1 Å². The molecule has 1 N–H and O–H groups in total. The predicted octanol–water partition coefficient (Wildman–Crippen LogP) is 4.83. The minimum atomic E-state index is -0.352. The van der Waals surface area contributed by atoms with Crippen molar-refractivity contribution in [3.63, 3.8) is 0 Å². The maximum Gasteiger partial charge on any atom is 0.255 e. The zero-order chi connectivity index (χ0) is 16.2. The normalized spacial score (nSPS) is 14.6. The summed E-state index contributed by atoms with van der Waals surface area (Å²) in [5.74, 6) is -0.592. The largest absolute Gasteiger partial charge is 0.370 e. The average molecular weight is 377 g/mol. The Balaban J connectivity index is 1.86. The third-order valence-electron chi connectivity index (χ3n) is 3.99. The Bertz CT molecular complexity index is 714. The van der Waals surface area contributed by atoms with E-state index in [1.807, 2.05) is 6.07 Å². The summed E-state index contributed by atoms with van der Waals surface area (Å²) < 4.78 is 14.5. The lowest BCUT2D eigenvalue weighted by Gasteiger charge is -2.30. The number of anilines is 2. The summed E-state index contributed by atoms with van der Waals surface area (Å²) in [6, 6.07) is 11.7. The Morgan fingerprint density at radius 2 is 1.87 bits per heavy atom. The minimum absolute atomic E-state index is 0.241.